The molecule has 1 fully saturated rings. The van der Waals surface area contributed by atoms with Crippen molar-refractivity contribution in [3.8, 4) is 5.69 Å². The smallest absolute Gasteiger partial charge is 0.346 e. The van der Waals surface area contributed by atoms with Gasteiger partial charge in [-0.25, -0.2) is 9.67 Å². The maximum Gasteiger partial charge on any atom is 0.416 e. The Labute approximate surface area is 165 Å². The summed E-state index contributed by atoms with van der Waals surface area (Å²) < 4.78 is 40.2. The number of carbonyl (C=O) groups is 1. The Bertz CT molecular complexity index is 1020. The van der Waals surface area contributed by atoms with Gasteiger partial charge in [-0.3, -0.25) is 4.79 Å². The van der Waals surface area contributed by atoms with E-state index in [2.05, 4.69) is 15.4 Å². The molecule has 0 aliphatic heterocycles. The lowest BCUT2D eigenvalue weighted by molar-refractivity contribution is -0.137. The summed E-state index contributed by atoms with van der Waals surface area (Å²) in [6.07, 6.45) is -3.18. The molecule has 3 aromatic rings. The quantitative estimate of drug-likeness (QED) is 0.712. The van der Waals surface area contributed by atoms with Crippen LogP contribution in [-0.4, -0.2) is 26.7 Å². The molecule has 0 radical (unpaired) electrons. The lowest BCUT2D eigenvalue weighted by Crippen LogP contribution is -2.43. The second kappa shape index (κ2) is 7.35. The van der Waals surface area contributed by atoms with Crippen LogP contribution in [0.4, 0.5) is 13.2 Å². The summed E-state index contributed by atoms with van der Waals surface area (Å²) in [5, 5.41) is 7.15. The van der Waals surface area contributed by atoms with Crippen molar-refractivity contribution >= 4 is 5.91 Å². The van der Waals surface area contributed by atoms with E-state index in [1.807, 2.05) is 30.3 Å². The van der Waals surface area contributed by atoms with Gasteiger partial charge in [0.2, 0.25) is 5.82 Å². The molecule has 1 saturated carbocycles. The van der Waals surface area contributed by atoms with E-state index in [0.717, 1.165) is 11.8 Å². The minimum atomic E-state index is -4.35. The SMILES string of the molecule is Cc1nc(C(=O)NC2CC(c3cccc(C(F)(F)F)c3)C2)nn1-c1ccccc1. The highest BCUT2D eigenvalue weighted by atomic mass is 19.4. The van der Waals surface area contributed by atoms with Gasteiger partial charge in [-0.05, 0) is 49.4 Å². The molecule has 8 heteroatoms. The number of nitrogens with zero attached hydrogens (tertiary/aromatic N) is 3. The van der Waals surface area contributed by atoms with Gasteiger partial charge in [0.05, 0.1) is 11.3 Å². The summed E-state index contributed by atoms with van der Waals surface area (Å²) in [5.41, 5.74) is 0.811. The first-order valence-corrected chi connectivity index (χ1v) is 9.28. The maximum atomic E-state index is 12.9. The van der Waals surface area contributed by atoms with Crippen LogP contribution in [0.15, 0.2) is 54.6 Å². The number of aryl methyl sites for hydroxylation is 1. The predicted molar refractivity (Wildman–Crippen MR) is 101 cm³/mol. The molecular weight excluding hydrogens is 381 g/mol. The average molecular weight is 400 g/mol. The van der Waals surface area contributed by atoms with E-state index in [1.54, 1.807) is 17.7 Å². The lowest BCUT2D eigenvalue weighted by atomic mass is 9.75. The van der Waals surface area contributed by atoms with Crippen molar-refractivity contribution in [3.05, 3.63) is 77.4 Å². The largest absolute Gasteiger partial charge is 0.416 e. The van der Waals surface area contributed by atoms with Crippen LogP contribution in [-0.2, 0) is 6.18 Å². The number of alkyl halides is 3. The lowest BCUT2D eigenvalue weighted by Gasteiger charge is -2.36. The first-order valence-electron chi connectivity index (χ1n) is 9.28. The molecule has 0 atom stereocenters. The van der Waals surface area contributed by atoms with Crippen LogP contribution in [0.2, 0.25) is 0 Å². The van der Waals surface area contributed by atoms with Crippen molar-refractivity contribution in [1.82, 2.24) is 20.1 Å². The van der Waals surface area contributed by atoms with Crippen LogP contribution < -0.4 is 5.32 Å². The van der Waals surface area contributed by atoms with E-state index in [4.69, 9.17) is 0 Å². The molecule has 0 saturated heterocycles. The van der Waals surface area contributed by atoms with Gasteiger partial charge in [-0.2, -0.15) is 13.2 Å². The van der Waals surface area contributed by atoms with Crippen LogP contribution >= 0.6 is 0 Å². The predicted octanol–water partition coefficient (Wildman–Crippen LogP) is 4.27. The molecule has 0 unspecified atom stereocenters. The minimum absolute atomic E-state index is 0.000767. The summed E-state index contributed by atoms with van der Waals surface area (Å²) in [6.45, 7) is 1.77. The van der Waals surface area contributed by atoms with Gasteiger partial charge in [0, 0.05) is 6.04 Å². The number of aromatic nitrogens is 3. The minimum Gasteiger partial charge on any atom is -0.346 e. The number of hydrogen-bond acceptors (Lipinski definition) is 3. The van der Waals surface area contributed by atoms with Crippen molar-refractivity contribution < 1.29 is 18.0 Å². The highest BCUT2D eigenvalue weighted by Gasteiger charge is 2.35. The number of amides is 1. The maximum absolute atomic E-state index is 12.9. The molecule has 150 valence electrons. The second-order valence-corrected chi connectivity index (χ2v) is 7.19. The van der Waals surface area contributed by atoms with Gasteiger partial charge in [-0.15, -0.1) is 5.10 Å². The van der Waals surface area contributed by atoms with Crippen molar-refractivity contribution in [2.45, 2.75) is 37.9 Å². The van der Waals surface area contributed by atoms with E-state index in [1.165, 1.54) is 12.1 Å². The van der Waals surface area contributed by atoms with Crippen LogP contribution in [0.25, 0.3) is 5.69 Å². The Morgan fingerprint density at radius 2 is 1.83 bits per heavy atom. The molecule has 1 aliphatic rings. The Balaban J connectivity index is 1.38. The third kappa shape index (κ3) is 4.01. The third-order valence-corrected chi connectivity index (χ3v) is 5.13. The standard InChI is InChI=1S/C21H19F3N4O/c1-13-25-19(27-28(13)18-8-3-2-4-9-18)20(29)26-17-11-15(12-17)14-6-5-7-16(10-14)21(22,23)24/h2-10,15,17H,11-12H2,1H3,(H,26,29). The Morgan fingerprint density at radius 3 is 2.52 bits per heavy atom. The monoisotopic (exact) mass is 400 g/mol. The number of para-hydroxylation sites is 1. The fraction of sp³-hybridized carbons (Fsp3) is 0.286. The van der Waals surface area contributed by atoms with Gasteiger partial charge in [0.1, 0.15) is 5.82 Å². The zero-order chi connectivity index (χ0) is 20.6. The van der Waals surface area contributed by atoms with E-state index in [9.17, 15) is 18.0 Å². The molecule has 1 amide bonds. The van der Waals surface area contributed by atoms with Crippen molar-refractivity contribution in [2.24, 2.45) is 0 Å². The van der Waals surface area contributed by atoms with E-state index < -0.39 is 11.7 Å². The molecule has 4 rings (SSSR count). The molecule has 1 heterocycles. The first-order chi connectivity index (χ1) is 13.8. The number of benzene rings is 2. The third-order valence-electron chi connectivity index (χ3n) is 5.13. The molecular formula is C21H19F3N4O. The Morgan fingerprint density at radius 1 is 1.10 bits per heavy atom. The second-order valence-electron chi connectivity index (χ2n) is 7.19. The number of nitrogens with one attached hydrogen (secondary N) is 1. The highest BCUT2D eigenvalue weighted by molar-refractivity contribution is 5.90. The number of halogens is 3. The van der Waals surface area contributed by atoms with E-state index >= 15 is 0 Å². The highest BCUT2D eigenvalue weighted by Crippen LogP contribution is 2.39. The van der Waals surface area contributed by atoms with E-state index in [-0.39, 0.29) is 23.7 Å². The fourth-order valence-corrected chi connectivity index (χ4v) is 3.53. The van der Waals surface area contributed by atoms with Gasteiger partial charge in [-0.1, -0.05) is 36.4 Å². The van der Waals surface area contributed by atoms with Gasteiger partial charge in [0.25, 0.3) is 5.91 Å². The first kappa shape index (κ1) is 19.2. The summed E-state index contributed by atoms with van der Waals surface area (Å²) in [7, 11) is 0. The Hall–Kier alpha value is -3.16. The Kier molecular flexibility index (Phi) is 4.86. The zero-order valence-electron chi connectivity index (χ0n) is 15.6. The average Bonchev–Trinajstić information content (AvgIpc) is 3.06. The molecule has 1 aliphatic carbocycles. The normalized spacial score (nSPS) is 18.9. The molecule has 2 aromatic carbocycles. The topological polar surface area (TPSA) is 59.8 Å². The molecule has 29 heavy (non-hydrogen) atoms. The number of carbonyl (C=O) groups excluding carboxylic acids is 1. The van der Waals surface area contributed by atoms with E-state index in [0.29, 0.717) is 24.2 Å². The molecule has 0 spiro atoms. The van der Waals surface area contributed by atoms with Crippen LogP contribution in [0, 0.1) is 6.92 Å². The summed E-state index contributed by atoms with van der Waals surface area (Å²) in [4.78, 5) is 16.7. The van der Waals surface area contributed by atoms with Crippen molar-refractivity contribution in [2.75, 3.05) is 0 Å². The molecule has 1 N–H and O–H groups in total. The van der Waals surface area contributed by atoms with Gasteiger partial charge < -0.3 is 5.32 Å². The number of hydrogen-bond donors (Lipinski definition) is 1. The van der Waals surface area contributed by atoms with Crippen LogP contribution in [0.1, 0.15) is 46.3 Å². The molecule has 5 nitrogen and oxygen atoms in total. The van der Waals surface area contributed by atoms with Crippen molar-refractivity contribution in [1.29, 1.82) is 0 Å². The van der Waals surface area contributed by atoms with Crippen molar-refractivity contribution in [3.63, 3.8) is 0 Å². The fourth-order valence-electron chi connectivity index (χ4n) is 3.53. The molecule has 0 bridgehead atoms. The van der Waals surface area contributed by atoms with Gasteiger partial charge >= 0.3 is 6.18 Å². The summed E-state index contributed by atoms with van der Waals surface area (Å²) in [6, 6.07) is 14.7. The van der Waals surface area contributed by atoms with Crippen LogP contribution in [0.5, 0.6) is 0 Å². The summed E-state index contributed by atoms with van der Waals surface area (Å²) >= 11 is 0. The van der Waals surface area contributed by atoms with Crippen LogP contribution in [0.3, 0.4) is 0 Å². The zero-order valence-corrected chi connectivity index (χ0v) is 15.6. The molecule has 1 aromatic heterocycles. The summed E-state index contributed by atoms with van der Waals surface area (Å²) in [5.74, 6) is 0.292. The number of rotatable bonds is 4. The van der Waals surface area contributed by atoms with Gasteiger partial charge in [0.15, 0.2) is 0 Å².